The second-order valence-electron chi connectivity index (χ2n) is 4.04. The maximum atomic E-state index is 11.3. The highest BCUT2D eigenvalue weighted by molar-refractivity contribution is 5.85. The highest BCUT2D eigenvalue weighted by Crippen LogP contribution is 2.61. The van der Waals surface area contributed by atoms with Gasteiger partial charge in [-0.3, -0.25) is 4.79 Å². The molecule has 14 heavy (non-hydrogen) atoms. The van der Waals surface area contributed by atoms with Crippen molar-refractivity contribution >= 4 is 5.91 Å². The van der Waals surface area contributed by atoms with E-state index in [9.17, 15) is 4.79 Å². The van der Waals surface area contributed by atoms with Crippen molar-refractivity contribution in [1.82, 2.24) is 0 Å². The van der Waals surface area contributed by atoms with Gasteiger partial charge in [-0.15, -0.1) is 0 Å². The number of carbonyl (C=O) groups is 1. The molecule has 1 saturated carbocycles. The van der Waals surface area contributed by atoms with Gasteiger partial charge in [0.2, 0.25) is 5.91 Å². The Labute approximate surface area is 84.1 Å². The molecule has 1 amide bonds. The molecule has 2 rings (SSSR count). The summed E-state index contributed by atoms with van der Waals surface area (Å²) >= 11 is 0. The fourth-order valence-corrected chi connectivity index (χ4v) is 2.26. The zero-order valence-corrected chi connectivity index (χ0v) is 8.36. The summed E-state index contributed by atoms with van der Waals surface area (Å²) in [6, 6.07) is 10.2. The van der Waals surface area contributed by atoms with Gasteiger partial charge < -0.3 is 5.73 Å². The van der Waals surface area contributed by atoms with Crippen LogP contribution >= 0.6 is 0 Å². The number of rotatable bonds is 3. The van der Waals surface area contributed by atoms with E-state index in [1.807, 2.05) is 25.1 Å². The first-order chi connectivity index (χ1) is 6.70. The lowest BCUT2D eigenvalue weighted by molar-refractivity contribution is -0.123. The van der Waals surface area contributed by atoms with E-state index in [2.05, 4.69) is 12.1 Å². The van der Waals surface area contributed by atoms with Crippen LogP contribution in [0.1, 0.15) is 31.2 Å². The smallest absolute Gasteiger partial charge is 0.224 e. The van der Waals surface area contributed by atoms with E-state index in [0.717, 1.165) is 12.8 Å². The standard InChI is InChI=1S/C12H15NO/c1-2-12(11(13)14)8-10(12)9-6-4-3-5-7-9/h3-7,10H,2,8H2,1H3,(H2,13,14). The molecule has 2 nitrogen and oxygen atoms in total. The van der Waals surface area contributed by atoms with E-state index in [1.54, 1.807) is 0 Å². The predicted octanol–water partition coefficient (Wildman–Crippen LogP) is 2.06. The van der Waals surface area contributed by atoms with Gasteiger partial charge in [0.15, 0.2) is 0 Å². The second kappa shape index (κ2) is 3.12. The van der Waals surface area contributed by atoms with Gasteiger partial charge in [-0.25, -0.2) is 0 Å². The number of carbonyl (C=O) groups excluding carboxylic acids is 1. The van der Waals surface area contributed by atoms with Gasteiger partial charge in [-0.1, -0.05) is 37.3 Å². The Morgan fingerprint density at radius 2 is 2.14 bits per heavy atom. The minimum Gasteiger partial charge on any atom is -0.369 e. The summed E-state index contributed by atoms with van der Waals surface area (Å²) in [4.78, 5) is 11.3. The van der Waals surface area contributed by atoms with Crippen LogP contribution < -0.4 is 5.73 Å². The Morgan fingerprint density at radius 3 is 2.57 bits per heavy atom. The Bertz CT molecular complexity index is 347. The molecule has 0 saturated heterocycles. The molecular weight excluding hydrogens is 174 g/mol. The molecule has 1 aliphatic rings. The van der Waals surface area contributed by atoms with Crippen LogP contribution in [-0.2, 0) is 4.79 Å². The molecule has 2 heteroatoms. The molecule has 1 aromatic carbocycles. The number of nitrogens with two attached hydrogens (primary N) is 1. The summed E-state index contributed by atoms with van der Waals surface area (Å²) in [5.41, 5.74) is 6.43. The zero-order valence-electron chi connectivity index (χ0n) is 8.36. The molecular formula is C12H15NO. The van der Waals surface area contributed by atoms with Crippen LogP contribution in [0.5, 0.6) is 0 Å². The summed E-state index contributed by atoms with van der Waals surface area (Å²) in [6.45, 7) is 2.04. The summed E-state index contributed by atoms with van der Waals surface area (Å²) in [5, 5.41) is 0. The monoisotopic (exact) mass is 189 g/mol. The number of amides is 1. The van der Waals surface area contributed by atoms with Crippen molar-refractivity contribution in [2.24, 2.45) is 11.1 Å². The van der Waals surface area contributed by atoms with Gasteiger partial charge in [0.25, 0.3) is 0 Å². The number of primary amides is 1. The van der Waals surface area contributed by atoms with Gasteiger partial charge in [0, 0.05) is 0 Å². The van der Waals surface area contributed by atoms with E-state index in [-0.39, 0.29) is 11.3 Å². The molecule has 2 atom stereocenters. The average Bonchev–Trinajstić information content (AvgIpc) is 2.95. The van der Waals surface area contributed by atoms with Crippen molar-refractivity contribution in [3.8, 4) is 0 Å². The summed E-state index contributed by atoms with van der Waals surface area (Å²) in [6.07, 6.45) is 1.77. The third-order valence-electron chi connectivity index (χ3n) is 3.40. The third-order valence-corrected chi connectivity index (χ3v) is 3.40. The lowest BCUT2D eigenvalue weighted by Gasteiger charge is -2.09. The average molecular weight is 189 g/mol. The fourth-order valence-electron chi connectivity index (χ4n) is 2.26. The highest BCUT2D eigenvalue weighted by Gasteiger charge is 2.57. The molecule has 0 bridgehead atoms. The minimum atomic E-state index is -0.249. The molecule has 2 unspecified atom stereocenters. The lowest BCUT2D eigenvalue weighted by atomic mass is 9.96. The summed E-state index contributed by atoms with van der Waals surface area (Å²) in [5.74, 6) is 0.208. The molecule has 0 aromatic heterocycles. The normalized spacial score (nSPS) is 29.9. The van der Waals surface area contributed by atoms with E-state index in [0.29, 0.717) is 5.92 Å². The lowest BCUT2D eigenvalue weighted by Crippen LogP contribution is -2.25. The minimum absolute atomic E-state index is 0.145. The Morgan fingerprint density at radius 1 is 1.50 bits per heavy atom. The van der Waals surface area contributed by atoms with Crippen LogP contribution in [0.2, 0.25) is 0 Å². The van der Waals surface area contributed by atoms with Crippen LogP contribution in [-0.4, -0.2) is 5.91 Å². The molecule has 1 fully saturated rings. The van der Waals surface area contributed by atoms with Crippen molar-refractivity contribution in [3.63, 3.8) is 0 Å². The molecule has 0 aliphatic heterocycles. The largest absolute Gasteiger partial charge is 0.369 e. The SMILES string of the molecule is CCC1(C(N)=O)CC1c1ccccc1. The predicted molar refractivity (Wildman–Crippen MR) is 55.7 cm³/mol. The van der Waals surface area contributed by atoms with Gasteiger partial charge in [-0.2, -0.15) is 0 Å². The summed E-state index contributed by atoms with van der Waals surface area (Å²) in [7, 11) is 0. The van der Waals surface area contributed by atoms with Crippen LogP contribution in [0, 0.1) is 5.41 Å². The first kappa shape index (κ1) is 9.25. The van der Waals surface area contributed by atoms with E-state index < -0.39 is 0 Å². The maximum absolute atomic E-state index is 11.3. The number of benzene rings is 1. The molecule has 1 aliphatic carbocycles. The van der Waals surface area contributed by atoms with Gasteiger partial charge >= 0.3 is 0 Å². The zero-order chi connectivity index (χ0) is 10.2. The Balaban J connectivity index is 2.22. The number of hydrogen-bond donors (Lipinski definition) is 1. The van der Waals surface area contributed by atoms with Crippen molar-refractivity contribution in [1.29, 1.82) is 0 Å². The van der Waals surface area contributed by atoms with E-state index in [4.69, 9.17) is 5.73 Å². The van der Waals surface area contributed by atoms with E-state index in [1.165, 1.54) is 5.56 Å². The van der Waals surface area contributed by atoms with Gasteiger partial charge in [-0.05, 0) is 24.3 Å². The molecule has 1 aromatic rings. The van der Waals surface area contributed by atoms with Crippen LogP contribution in [0.4, 0.5) is 0 Å². The van der Waals surface area contributed by atoms with Crippen LogP contribution in [0.25, 0.3) is 0 Å². The quantitative estimate of drug-likeness (QED) is 0.777. The van der Waals surface area contributed by atoms with Gasteiger partial charge in [0.1, 0.15) is 0 Å². The molecule has 2 N–H and O–H groups in total. The van der Waals surface area contributed by atoms with Crippen LogP contribution in [0.3, 0.4) is 0 Å². The van der Waals surface area contributed by atoms with Crippen molar-refractivity contribution in [2.45, 2.75) is 25.7 Å². The Kier molecular flexibility index (Phi) is 2.06. The van der Waals surface area contributed by atoms with Crippen molar-refractivity contribution < 1.29 is 4.79 Å². The summed E-state index contributed by atoms with van der Waals surface area (Å²) < 4.78 is 0. The highest BCUT2D eigenvalue weighted by atomic mass is 16.1. The topological polar surface area (TPSA) is 43.1 Å². The number of hydrogen-bond acceptors (Lipinski definition) is 1. The maximum Gasteiger partial charge on any atom is 0.224 e. The first-order valence-electron chi connectivity index (χ1n) is 5.05. The van der Waals surface area contributed by atoms with Crippen molar-refractivity contribution in [3.05, 3.63) is 35.9 Å². The fraction of sp³-hybridized carbons (Fsp3) is 0.417. The van der Waals surface area contributed by atoms with Crippen LogP contribution in [0.15, 0.2) is 30.3 Å². The van der Waals surface area contributed by atoms with Gasteiger partial charge in [0.05, 0.1) is 5.41 Å². The third kappa shape index (κ3) is 1.22. The molecule has 74 valence electrons. The molecule has 0 heterocycles. The molecule has 0 spiro atoms. The van der Waals surface area contributed by atoms with Crippen molar-refractivity contribution in [2.75, 3.05) is 0 Å². The second-order valence-corrected chi connectivity index (χ2v) is 4.04. The molecule has 0 radical (unpaired) electrons. The first-order valence-corrected chi connectivity index (χ1v) is 5.05. The van der Waals surface area contributed by atoms with E-state index >= 15 is 0 Å². The Hall–Kier alpha value is -1.31.